The number of carboxylic acids is 1. The number of amides is 2. The van der Waals surface area contributed by atoms with Gasteiger partial charge in [0.05, 0.1) is 12.7 Å². The summed E-state index contributed by atoms with van der Waals surface area (Å²) in [5, 5.41) is 24.7. The molecule has 2 aromatic heterocycles. The normalized spacial score (nSPS) is 10.2. The molecule has 20 heavy (non-hydrogen) atoms. The first kappa shape index (κ1) is 13.5. The minimum Gasteiger partial charge on any atom is -0.480 e. The van der Waals surface area contributed by atoms with Gasteiger partial charge in [-0.25, -0.2) is 14.2 Å². The van der Waals surface area contributed by atoms with Gasteiger partial charge in [-0.2, -0.15) is 10.1 Å². The van der Waals surface area contributed by atoms with Crippen molar-refractivity contribution < 1.29 is 14.7 Å². The number of anilines is 1. The van der Waals surface area contributed by atoms with Crippen LogP contribution >= 0.6 is 0 Å². The Morgan fingerprint density at radius 3 is 2.90 bits per heavy atom. The molecule has 0 bridgehead atoms. The Labute approximate surface area is 112 Å². The highest BCUT2D eigenvalue weighted by atomic mass is 16.4. The number of hydrogen-bond acceptors (Lipinski definition) is 6. The summed E-state index contributed by atoms with van der Waals surface area (Å²) in [6.45, 7) is -0.165. The number of carboxylic acid groups (broad SMARTS) is 1. The van der Waals surface area contributed by atoms with Gasteiger partial charge in [0, 0.05) is 7.05 Å². The second kappa shape index (κ2) is 5.77. The van der Waals surface area contributed by atoms with E-state index in [1.165, 1.54) is 21.9 Å². The quantitative estimate of drug-likeness (QED) is 0.625. The molecule has 0 aromatic carbocycles. The zero-order valence-corrected chi connectivity index (χ0v) is 10.5. The number of nitrogens with one attached hydrogen (secondary N) is 2. The molecule has 0 aliphatic carbocycles. The maximum atomic E-state index is 11.6. The molecule has 2 amide bonds. The van der Waals surface area contributed by atoms with E-state index >= 15 is 0 Å². The number of hydrogen-bond donors (Lipinski definition) is 3. The van der Waals surface area contributed by atoms with E-state index in [4.69, 9.17) is 5.11 Å². The van der Waals surface area contributed by atoms with Crippen LogP contribution in [0.3, 0.4) is 0 Å². The van der Waals surface area contributed by atoms with Crippen LogP contribution in [-0.4, -0.2) is 46.9 Å². The fourth-order valence-electron chi connectivity index (χ4n) is 1.36. The Morgan fingerprint density at radius 2 is 2.25 bits per heavy atom. The number of rotatable bonds is 5. The van der Waals surface area contributed by atoms with Crippen molar-refractivity contribution in [3.05, 3.63) is 18.2 Å². The van der Waals surface area contributed by atoms with Crippen LogP contribution in [-0.2, 0) is 24.9 Å². The van der Waals surface area contributed by atoms with E-state index in [2.05, 4.69) is 31.0 Å². The summed E-state index contributed by atoms with van der Waals surface area (Å²) in [5.74, 6) is -0.716. The molecule has 0 radical (unpaired) electrons. The van der Waals surface area contributed by atoms with Crippen molar-refractivity contribution in [2.45, 2.75) is 13.1 Å². The third-order valence-electron chi connectivity index (χ3n) is 2.25. The molecule has 0 atom stereocenters. The van der Waals surface area contributed by atoms with Crippen molar-refractivity contribution in [2.75, 3.05) is 5.32 Å². The van der Waals surface area contributed by atoms with E-state index in [9.17, 15) is 9.59 Å². The second-order valence-corrected chi connectivity index (χ2v) is 3.82. The van der Waals surface area contributed by atoms with Crippen LogP contribution in [0.25, 0.3) is 0 Å². The van der Waals surface area contributed by atoms with Gasteiger partial charge in [-0.15, -0.1) is 5.10 Å². The topological polar surface area (TPSA) is 140 Å². The molecule has 106 valence electrons. The highest BCUT2D eigenvalue weighted by Gasteiger charge is 2.08. The van der Waals surface area contributed by atoms with Gasteiger partial charge in [-0.1, -0.05) is 5.21 Å². The first-order chi connectivity index (χ1) is 9.54. The molecule has 3 N–H and O–H groups in total. The van der Waals surface area contributed by atoms with Crippen LogP contribution in [0.15, 0.2) is 12.5 Å². The van der Waals surface area contributed by atoms with Gasteiger partial charge in [-0.05, 0) is 0 Å². The maximum Gasteiger partial charge on any atom is 0.325 e. The fraction of sp³-hybridized carbons (Fsp3) is 0.333. The van der Waals surface area contributed by atoms with Crippen LogP contribution in [0, 0.1) is 0 Å². The van der Waals surface area contributed by atoms with Gasteiger partial charge >= 0.3 is 12.0 Å². The summed E-state index contributed by atoms with van der Waals surface area (Å²) in [5.41, 5.74) is 0.444. The van der Waals surface area contributed by atoms with Crippen LogP contribution in [0.5, 0.6) is 0 Å². The molecule has 0 unspecified atom stereocenters. The van der Waals surface area contributed by atoms with Crippen LogP contribution in [0.1, 0.15) is 5.69 Å². The predicted molar refractivity (Wildman–Crippen MR) is 64.5 cm³/mol. The fourth-order valence-corrected chi connectivity index (χ4v) is 1.36. The van der Waals surface area contributed by atoms with Crippen LogP contribution < -0.4 is 10.6 Å². The van der Waals surface area contributed by atoms with Gasteiger partial charge in [-0.3, -0.25) is 10.1 Å². The number of nitrogens with zero attached hydrogens (tertiary/aromatic N) is 6. The summed E-state index contributed by atoms with van der Waals surface area (Å²) < 4.78 is 2.57. The molecule has 2 heterocycles. The Hall–Kier alpha value is -2.98. The lowest BCUT2D eigenvalue weighted by Gasteiger charge is -2.04. The molecule has 11 heteroatoms. The van der Waals surface area contributed by atoms with Crippen molar-refractivity contribution in [2.24, 2.45) is 7.05 Å². The smallest absolute Gasteiger partial charge is 0.325 e. The van der Waals surface area contributed by atoms with E-state index in [0.717, 1.165) is 0 Å². The van der Waals surface area contributed by atoms with Crippen LogP contribution in [0.2, 0.25) is 0 Å². The Bertz CT molecular complexity index is 618. The van der Waals surface area contributed by atoms with Gasteiger partial charge in [0.15, 0.2) is 0 Å². The van der Waals surface area contributed by atoms with E-state index in [1.54, 1.807) is 7.05 Å². The summed E-state index contributed by atoms with van der Waals surface area (Å²) in [7, 11) is 1.64. The van der Waals surface area contributed by atoms with Crippen LogP contribution in [0.4, 0.5) is 10.7 Å². The SMILES string of the molecule is Cn1ncnc1NC(=O)NCc1cn(CC(=O)O)nn1. The molecule has 0 spiro atoms. The molecular weight excluding hydrogens is 268 g/mol. The number of aromatic nitrogens is 6. The molecule has 0 saturated heterocycles. The number of carbonyl (C=O) groups excluding carboxylic acids is 1. The Morgan fingerprint density at radius 1 is 1.45 bits per heavy atom. The molecule has 0 saturated carbocycles. The molecule has 0 aliphatic heterocycles. The third kappa shape index (κ3) is 3.51. The van der Waals surface area contributed by atoms with E-state index in [-0.39, 0.29) is 13.1 Å². The molecule has 2 aromatic rings. The first-order valence-electron chi connectivity index (χ1n) is 5.54. The average molecular weight is 280 g/mol. The molecule has 0 fully saturated rings. The monoisotopic (exact) mass is 280 g/mol. The number of urea groups is 1. The third-order valence-corrected chi connectivity index (χ3v) is 2.25. The van der Waals surface area contributed by atoms with Gasteiger partial charge in [0.1, 0.15) is 18.6 Å². The first-order valence-corrected chi connectivity index (χ1v) is 5.54. The minimum absolute atomic E-state index is 0.114. The van der Waals surface area contributed by atoms with Gasteiger partial charge < -0.3 is 10.4 Å². The van der Waals surface area contributed by atoms with Crippen molar-refractivity contribution in [3.8, 4) is 0 Å². The highest BCUT2D eigenvalue weighted by Crippen LogP contribution is 1.98. The maximum absolute atomic E-state index is 11.6. The Kier molecular flexibility index (Phi) is 3.88. The minimum atomic E-state index is -1.02. The van der Waals surface area contributed by atoms with Gasteiger partial charge in [0.25, 0.3) is 0 Å². The zero-order chi connectivity index (χ0) is 14.5. The molecule has 0 aliphatic rings. The number of carbonyl (C=O) groups is 2. The highest BCUT2D eigenvalue weighted by molar-refractivity contribution is 5.87. The standard InChI is InChI=1S/C9H12N8O3/c1-16-8(11-5-12-16)13-9(20)10-2-6-3-17(15-14-6)4-7(18)19/h3,5H,2,4H2,1H3,(H,18,19)(H2,10,11,12,13,20). The predicted octanol–water partition coefficient (Wildman–Crippen LogP) is -1.19. The van der Waals surface area contributed by atoms with E-state index in [1.807, 2.05) is 0 Å². The zero-order valence-electron chi connectivity index (χ0n) is 10.5. The molecular formula is C9H12N8O3. The summed E-state index contributed by atoms with van der Waals surface area (Å²) in [6.07, 6.45) is 2.75. The van der Waals surface area contributed by atoms with Crippen molar-refractivity contribution in [1.29, 1.82) is 0 Å². The van der Waals surface area contributed by atoms with Crippen molar-refractivity contribution in [1.82, 2.24) is 35.1 Å². The van der Waals surface area contributed by atoms with Crippen molar-refractivity contribution >= 4 is 17.9 Å². The molecule has 2 rings (SSSR count). The lowest BCUT2D eigenvalue weighted by molar-refractivity contribution is -0.137. The van der Waals surface area contributed by atoms with E-state index in [0.29, 0.717) is 11.6 Å². The number of aryl methyl sites for hydroxylation is 1. The lowest BCUT2D eigenvalue weighted by atomic mass is 10.5. The van der Waals surface area contributed by atoms with Crippen molar-refractivity contribution in [3.63, 3.8) is 0 Å². The molecule has 11 nitrogen and oxygen atoms in total. The Balaban J connectivity index is 1.83. The number of aliphatic carboxylic acids is 1. The van der Waals surface area contributed by atoms with E-state index < -0.39 is 12.0 Å². The summed E-state index contributed by atoms with van der Waals surface area (Å²) in [6, 6.07) is -0.478. The average Bonchev–Trinajstić information content (AvgIpc) is 2.97. The summed E-state index contributed by atoms with van der Waals surface area (Å²) >= 11 is 0. The largest absolute Gasteiger partial charge is 0.480 e. The summed E-state index contributed by atoms with van der Waals surface area (Å²) in [4.78, 5) is 25.9. The second-order valence-electron chi connectivity index (χ2n) is 3.82. The lowest BCUT2D eigenvalue weighted by Crippen LogP contribution is -2.29. The van der Waals surface area contributed by atoms with Gasteiger partial charge in [0.2, 0.25) is 5.95 Å².